The van der Waals surface area contributed by atoms with Gasteiger partial charge < -0.3 is 14.2 Å². The lowest BCUT2D eigenvalue weighted by Gasteiger charge is -2.32. The highest BCUT2D eigenvalue weighted by molar-refractivity contribution is 5.94. The first-order valence-corrected chi connectivity index (χ1v) is 16.3. The number of allylic oxidation sites excluding steroid dienone is 2. The van der Waals surface area contributed by atoms with E-state index in [2.05, 4.69) is 6.92 Å². The molecule has 0 aromatic heterocycles. The number of esters is 1. The topological polar surface area (TPSA) is 116 Å². The lowest BCUT2D eigenvalue weighted by atomic mass is 10.0. The number of carbonyl (C=O) groups excluding carboxylic acids is 5. The molecule has 0 fully saturated rings. The van der Waals surface area contributed by atoms with Crippen LogP contribution in [-0.2, 0) is 35.2 Å². The van der Waals surface area contributed by atoms with Crippen molar-refractivity contribution >= 4 is 29.7 Å². The minimum Gasteiger partial charge on any atom is -0.459 e. The highest BCUT2D eigenvalue weighted by Gasteiger charge is 2.41. The summed E-state index contributed by atoms with van der Waals surface area (Å²) in [5, 5.41) is 0. The highest BCUT2D eigenvalue weighted by Crippen LogP contribution is 2.21. The lowest BCUT2D eigenvalue weighted by Crippen LogP contribution is -2.52. The van der Waals surface area contributed by atoms with E-state index in [9.17, 15) is 24.0 Å². The highest BCUT2D eigenvalue weighted by atomic mass is 16.6. The zero-order chi connectivity index (χ0) is 33.9. The monoisotopic (exact) mass is 629 g/mol. The van der Waals surface area contributed by atoms with E-state index in [1.54, 1.807) is 71.9 Å². The van der Waals surface area contributed by atoms with Crippen LogP contribution in [0.3, 0.4) is 0 Å². The van der Waals surface area contributed by atoms with Crippen molar-refractivity contribution in [2.45, 2.75) is 149 Å². The number of benzene rings is 1. The Labute approximate surface area is 270 Å². The van der Waals surface area contributed by atoms with Gasteiger partial charge in [0.25, 0.3) is 0 Å². The molecule has 252 valence electrons. The fourth-order valence-electron chi connectivity index (χ4n) is 4.34. The molecule has 45 heavy (non-hydrogen) atoms. The summed E-state index contributed by atoms with van der Waals surface area (Å²) in [5.41, 5.74) is -1.20. The van der Waals surface area contributed by atoms with E-state index in [1.165, 1.54) is 19.3 Å². The van der Waals surface area contributed by atoms with E-state index >= 15 is 0 Å². The summed E-state index contributed by atoms with van der Waals surface area (Å²) in [6.07, 6.45) is 9.55. The molecular weight excluding hydrogens is 574 g/mol. The number of unbranched alkanes of at least 4 members (excludes halogenated alkanes) is 6. The first-order valence-electron chi connectivity index (χ1n) is 16.3. The Morgan fingerprint density at radius 1 is 0.756 bits per heavy atom. The Hall–Kier alpha value is -3.49. The quantitative estimate of drug-likeness (QED) is 0.0646. The SMILES string of the molecule is CCCCCC/C=C\C(=O)CCCCCC(=O)CC[C@@H](C(=O)OCc1ccccc1)N(C(=O)OC(C)(C)C)C(=O)OC(C)(C)C. The van der Waals surface area contributed by atoms with Gasteiger partial charge in [0, 0.05) is 19.3 Å². The van der Waals surface area contributed by atoms with Gasteiger partial charge in [-0.3, -0.25) is 9.59 Å². The van der Waals surface area contributed by atoms with Gasteiger partial charge in [-0.25, -0.2) is 14.4 Å². The third-order valence-corrected chi connectivity index (χ3v) is 6.59. The minimum absolute atomic E-state index is 0.0626. The fraction of sp³-hybridized carbons (Fsp3) is 0.639. The second-order valence-electron chi connectivity index (χ2n) is 13.3. The van der Waals surface area contributed by atoms with Gasteiger partial charge in [0.1, 0.15) is 29.6 Å². The lowest BCUT2D eigenvalue weighted by molar-refractivity contribution is -0.151. The van der Waals surface area contributed by atoms with E-state index in [-0.39, 0.29) is 37.4 Å². The van der Waals surface area contributed by atoms with Crippen LogP contribution in [0.2, 0.25) is 0 Å². The molecule has 1 rings (SSSR count). The zero-order valence-corrected chi connectivity index (χ0v) is 28.5. The summed E-state index contributed by atoms with van der Waals surface area (Å²) in [4.78, 5) is 65.4. The molecule has 0 N–H and O–H groups in total. The Kier molecular flexibility index (Phi) is 18.0. The molecular formula is C36H55NO8. The van der Waals surface area contributed by atoms with Crippen molar-refractivity contribution < 1.29 is 38.2 Å². The van der Waals surface area contributed by atoms with Gasteiger partial charge >= 0.3 is 18.2 Å². The van der Waals surface area contributed by atoms with Crippen LogP contribution < -0.4 is 0 Å². The number of imide groups is 1. The average Bonchev–Trinajstić information content (AvgIpc) is 2.94. The van der Waals surface area contributed by atoms with Crippen LogP contribution in [-0.4, -0.2) is 51.9 Å². The number of hydrogen-bond acceptors (Lipinski definition) is 8. The van der Waals surface area contributed by atoms with E-state index in [0.29, 0.717) is 30.6 Å². The Balaban J connectivity index is 2.85. The number of Topliss-reactive ketones (excluding diaryl/α,β-unsaturated/α-hetero) is 1. The summed E-state index contributed by atoms with van der Waals surface area (Å²) >= 11 is 0. The fourth-order valence-corrected chi connectivity index (χ4v) is 4.34. The van der Waals surface area contributed by atoms with Crippen molar-refractivity contribution in [3.05, 3.63) is 48.0 Å². The third kappa shape index (κ3) is 18.8. The van der Waals surface area contributed by atoms with Gasteiger partial charge in [-0.05, 0) is 85.3 Å². The predicted octanol–water partition coefficient (Wildman–Crippen LogP) is 8.67. The van der Waals surface area contributed by atoms with Crippen molar-refractivity contribution in [3.63, 3.8) is 0 Å². The van der Waals surface area contributed by atoms with Crippen molar-refractivity contribution in [1.29, 1.82) is 0 Å². The second-order valence-corrected chi connectivity index (χ2v) is 13.3. The van der Waals surface area contributed by atoms with Gasteiger partial charge in [0.2, 0.25) is 0 Å². The number of nitrogens with zero attached hydrogens (tertiary/aromatic N) is 1. The molecule has 1 aromatic rings. The number of carbonyl (C=O) groups is 5. The zero-order valence-electron chi connectivity index (χ0n) is 28.5. The van der Waals surface area contributed by atoms with Crippen LogP contribution in [0.15, 0.2) is 42.5 Å². The van der Waals surface area contributed by atoms with Crippen LogP contribution in [0.1, 0.15) is 131 Å². The van der Waals surface area contributed by atoms with Crippen molar-refractivity contribution in [1.82, 2.24) is 4.90 Å². The van der Waals surface area contributed by atoms with E-state index in [0.717, 1.165) is 18.4 Å². The Morgan fingerprint density at radius 3 is 1.91 bits per heavy atom. The molecule has 0 aliphatic rings. The first kappa shape index (κ1) is 39.5. The molecule has 0 bridgehead atoms. The molecule has 2 amide bonds. The molecule has 0 aliphatic carbocycles. The summed E-state index contributed by atoms with van der Waals surface area (Å²) in [5.74, 6) is -0.874. The van der Waals surface area contributed by atoms with Crippen molar-refractivity contribution in [3.8, 4) is 0 Å². The first-order chi connectivity index (χ1) is 21.1. The maximum Gasteiger partial charge on any atom is 0.420 e. The van der Waals surface area contributed by atoms with Crippen LogP contribution in [0.4, 0.5) is 9.59 Å². The van der Waals surface area contributed by atoms with E-state index in [4.69, 9.17) is 14.2 Å². The smallest absolute Gasteiger partial charge is 0.420 e. The number of rotatable bonds is 19. The number of ether oxygens (including phenoxy) is 3. The van der Waals surface area contributed by atoms with Crippen LogP contribution >= 0.6 is 0 Å². The van der Waals surface area contributed by atoms with Gasteiger partial charge in [-0.2, -0.15) is 4.90 Å². The average molecular weight is 630 g/mol. The molecule has 0 heterocycles. The Bertz CT molecular complexity index is 1070. The molecule has 9 nitrogen and oxygen atoms in total. The van der Waals surface area contributed by atoms with Crippen LogP contribution in [0, 0.1) is 0 Å². The van der Waals surface area contributed by atoms with Crippen molar-refractivity contribution in [2.24, 2.45) is 0 Å². The second kappa shape index (κ2) is 20.5. The third-order valence-electron chi connectivity index (χ3n) is 6.59. The molecule has 0 saturated carbocycles. The van der Waals surface area contributed by atoms with E-state index in [1.807, 2.05) is 12.1 Å². The van der Waals surface area contributed by atoms with Crippen LogP contribution in [0.5, 0.6) is 0 Å². The summed E-state index contributed by atoms with van der Waals surface area (Å²) in [7, 11) is 0. The molecule has 1 atom stereocenters. The number of ketones is 2. The molecule has 9 heteroatoms. The molecule has 0 radical (unpaired) electrons. The minimum atomic E-state index is -1.44. The molecule has 0 aliphatic heterocycles. The molecule has 1 aromatic carbocycles. The van der Waals surface area contributed by atoms with Crippen molar-refractivity contribution in [2.75, 3.05) is 0 Å². The normalized spacial score (nSPS) is 12.4. The predicted molar refractivity (Wildman–Crippen MR) is 175 cm³/mol. The maximum absolute atomic E-state index is 13.4. The van der Waals surface area contributed by atoms with Gasteiger partial charge in [-0.15, -0.1) is 0 Å². The standard InChI is InChI=1S/C36H55NO8/c1-8-9-10-11-12-17-22-29(38)23-18-14-19-24-30(39)25-26-31(32(40)43-27-28-20-15-13-16-21-28)37(33(41)44-35(2,3)4)34(42)45-36(5,6)7/h13,15-17,20-22,31H,8-12,14,18-19,23-27H2,1-7H3/b22-17-/t31-/m0/s1. The van der Waals surface area contributed by atoms with Crippen LogP contribution in [0.25, 0.3) is 0 Å². The van der Waals surface area contributed by atoms with Gasteiger partial charge in [0.05, 0.1) is 0 Å². The molecule has 0 unspecified atom stereocenters. The van der Waals surface area contributed by atoms with E-state index < -0.39 is 35.4 Å². The summed E-state index contributed by atoms with van der Waals surface area (Å²) in [6.45, 7) is 11.9. The Morgan fingerprint density at radius 2 is 1.33 bits per heavy atom. The number of hydrogen-bond donors (Lipinski definition) is 0. The summed E-state index contributed by atoms with van der Waals surface area (Å²) in [6, 6.07) is 7.56. The molecule has 0 spiro atoms. The number of amides is 2. The van der Waals surface area contributed by atoms with Gasteiger partial charge in [0.15, 0.2) is 5.78 Å². The maximum atomic E-state index is 13.4. The molecule has 0 saturated heterocycles. The van der Waals surface area contributed by atoms with Gasteiger partial charge in [-0.1, -0.05) is 69.0 Å². The largest absolute Gasteiger partial charge is 0.459 e. The summed E-state index contributed by atoms with van der Waals surface area (Å²) < 4.78 is 16.4.